The standard InChI is InChI=1S/C43H54ClF3N8O8/c44-35-23-28(22-34(38(35)48)43(45,46)47)24-36(63-42(60)54-16-10-32(11-17-54)55-41(59)49-39(50-55)31-4-2-1-3-5-31)40(58)53-14-8-30(9-15-53)29-6-12-51(13-7-29)26-37(57)62-27-33(56)25-52-18-20-61-21-19-52/h1-5,22-23,29-30,32,36H,6-21,24-27,48H2,(H,49,50,59)/t36-/m1/s1. The Morgan fingerprint density at radius 3 is 2.13 bits per heavy atom. The Labute approximate surface area is 367 Å². The predicted octanol–water partition coefficient (Wildman–Crippen LogP) is 4.27. The van der Waals surface area contributed by atoms with Gasteiger partial charge in [0.1, 0.15) is 0 Å². The molecule has 0 spiro atoms. The van der Waals surface area contributed by atoms with Crippen molar-refractivity contribution in [2.75, 3.05) is 91.0 Å². The van der Waals surface area contributed by atoms with Crippen LogP contribution in [0.4, 0.5) is 23.7 Å². The molecule has 5 heterocycles. The molecule has 0 radical (unpaired) electrons. The van der Waals surface area contributed by atoms with E-state index in [-0.39, 0.29) is 67.3 Å². The molecular weight excluding hydrogens is 849 g/mol. The van der Waals surface area contributed by atoms with Gasteiger partial charge in [0.25, 0.3) is 5.91 Å². The minimum Gasteiger partial charge on any atom is -0.457 e. The number of amides is 2. The van der Waals surface area contributed by atoms with Crippen LogP contribution >= 0.6 is 11.6 Å². The molecule has 3 N–H and O–H groups in total. The number of anilines is 1. The fraction of sp³-hybridized carbons (Fsp3) is 0.581. The van der Waals surface area contributed by atoms with Crippen molar-refractivity contribution in [1.29, 1.82) is 0 Å². The number of likely N-dealkylation sites (tertiary alicyclic amines) is 3. The number of carbonyl (C=O) groups excluding carboxylic acids is 4. The van der Waals surface area contributed by atoms with E-state index in [9.17, 15) is 37.1 Å². The summed E-state index contributed by atoms with van der Waals surface area (Å²) < 4.78 is 59.6. The number of esters is 1. The highest BCUT2D eigenvalue weighted by atomic mass is 35.5. The number of morpholine rings is 1. The van der Waals surface area contributed by atoms with Crippen LogP contribution in [0.3, 0.4) is 0 Å². The second-order valence-corrected chi connectivity index (χ2v) is 17.2. The summed E-state index contributed by atoms with van der Waals surface area (Å²) in [7, 11) is 0. The number of halogens is 4. The number of H-pyrrole nitrogens is 1. The van der Waals surface area contributed by atoms with Gasteiger partial charge >= 0.3 is 23.9 Å². The van der Waals surface area contributed by atoms with Crippen LogP contribution in [0.5, 0.6) is 0 Å². The Balaban J connectivity index is 0.925. The monoisotopic (exact) mass is 902 g/mol. The summed E-state index contributed by atoms with van der Waals surface area (Å²) in [5, 5.41) is 4.16. The van der Waals surface area contributed by atoms with Crippen molar-refractivity contribution in [2.24, 2.45) is 11.8 Å². The zero-order chi connectivity index (χ0) is 44.7. The summed E-state index contributed by atoms with van der Waals surface area (Å²) >= 11 is 6.14. The Kier molecular flexibility index (Phi) is 15.1. The van der Waals surface area contributed by atoms with Gasteiger partial charge in [-0.05, 0) is 81.1 Å². The molecule has 0 aliphatic carbocycles. The van der Waals surface area contributed by atoms with E-state index in [1.54, 1.807) is 4.90 Å². The van der Waals surface area contributed by atoms with Crippen molar-refractivity contribution in [3.05, 3.63) is 69.1 Å². The molecule has 63 heavy (non-hydrogen) atoms. The maximum atomic E-state index is 14.2. The molecule has 4 aliphatic heterocycles. The highest BCUT2D eigenvalue weighted by Gasteiger charge is 2.38. The minimum atomic E-state index is -4.81. The molecule has 2 amide bonds. The Morgan fingerprint density at radius 1 is 0.857 bits per heavy atom. The molecule has 0 bridgehead atoms. The number of aromatic nitrogens is 3. The summed E-state index contributed by atoms with van der Waals surface area (Å²) in [6, 6.07) is 11.0. The first-order valence-electron chi connectivity index (χ1n) is 21.5. The number of carbonyl (C=O) groups is 4. The molecule has 16 nitrogen and oxygen atoms in total. The number of hydrogen-bond acceptors (Lipinski definition) is 12. The smallest absolute Gasteiger partial charge is 0.418 e. The fourth-order valence-electron chi connectivity index (χ4n) is 9.04. The van der Waals surface area contributed by atoms with Crippen LogP contribution in [0.25, 0.3) is 11.4 Å². The molecule has 1 atom stereocenters. The molecular formula is C43H54ClF3N8O8. The number of piperidine rings is 3. The molecule has 0 unspecified atom stereocenters. The van der Waals surface area contributed by atoms with Gasteiger partial charge in [0, 0.05) is 51.3 Å². The molecule has 0 saturated carbocycles. The van der Waals surface area contributed by atoms with Gasteiger partial charge in [-0.25, -0.2) is 14.3 Å². The molecule has 342 valence electrons. The average Bonchev–Trinajstić information content (AvgIpc) is 3.68. The van der Waals surface area contributed by atoms with E-state index < -0.39 is 41.5 Å². The Bertz CT molecular complexity index is 2130. The zero-order valence-corrected chi connectivity index (χ0v) is 35.8. The third-order valence-corrected chi connectivity index (χ3v) is 12.9. The first kappa shape index (κ1) is 46.0. The van der Waals surface area contributed by atoms with Crippen LogP contribution < -0.4 is 11.4 Å². The molecule has 1 aromatic heterocycles. The second kappa shape index (κ2) is 20.7. The first-order valence-corrected chi connectivity index (χ1v) is 21.9. The van der Waals surface area contributed by atoms with E-state index in [1.807, 2.05) is 40.1 Å². The lowest BCUT2D eigenvalue weighted by Crippen LogP contribution is -2.49. The van der Waals surface area contributed by atoms with Crippen LogP contribution in [-0.2, 0) is 41.2 Å². The van der Waals surface area contributed by atoms with Gasteiger partial charge in [-0.15, -0.1) is 5.10 Å². The van der Waals surface area contributed by atoms with Crippen LogP contribution in [0, 0.1) is 11.8 Å². The SMILES string of the molecule is Nc1c(Cl)cc(C[C@@H](OC(=O)N2CCC(n3nc(-c4ccccc4)[nH]c3=O)CC2)C(=O)N2CCC(C3CCN(CC(=O)OCC(=O)CN4CCOCC4)CC3)CC2)cc1C(F)(F)F. The highest BCUT2D eigenvalue weighted by Crippen LogP contribution is 2.39. The van der Waals surface area contributed by atoms with Gasteiger partial charge in [0.15, 0.2) is 24.3 Å². The van der Waals surface area contributed by atoms with E-state index in [1.165, 1.54) is 15.6 Å². The third-order valence-electron chi connectivity index (χ3n) is 12.6. The molecule has 3 aromatic rings. The lowest BCUT2D eigenvalue weighted by molar-refractivity contribution is -0.149. The number of aromatic amines is 1. The molecule has 20 heteroatoms. The summed E-state index contributed by atoms with van der Waals surface area (Å²) in [5.41, 5.74) is 4.31. The van der Waals surface area contributed by atoms with E-state index in [2.05, 4.69) is 10.1 Å². The number of ketones is 1. The van der Waals surface area contributed by atoms with Gasteiger partial charge in [-0.2, -0.15) is 13.2 Å². The van der Waals surface area contributed by atoms with Crippen molar-refractivity contribution < 1.29 is 46.6 Å². The van der Waals surface area contributed by atoms with Gasteiger partial charge in [0.05, 0.1) is 48.6 Å². The van der Waals surface area contributed by atoms with Crippen LogP contribution in [0.2, 0.25) is 5.02 Å². The van der Waals surface area contributed by atoms with Crippen molar-refractivity contribution in [3.63, 3.8) is 0 Å². The molecule has 4 fully saturated rings. The number of hydrogen-bond donors (Lipinski definition) is 2. The Hall–Kier alpha value is -4.98. The summed E-state index contributed by atoms with van der Waals surface area (Å²) in [6.45, 7) is 5.08. The number of nitrogens with one attached hydrogen (secondary N) is 1. The van der Waals surface area contributed by atoms with Crippen molar-refractivity contribution in [3.8, 4) is 11.4 Å². The predicted molar refractivity (Wildman–Crippen MR) is 225 cm³/mol. The Morgan fingerprint density at radius 2 is 1.48 bits per heavy atom. The zero-order valence-electron chi connectivity index (χ0n) is 35.0. The van der Waals surface area contributed by atoms with Crippen molar-refractivity contribution in [1.82, 2.24) is 34.4 Å². The number of nitrogens with zero attached hydrogens (tertiary/aromatic N) is 6. The minimum absolute atomic E-state index is 0.0311. The largest absolute Gasteiger partial charge is 0.457 e. The van der Waals surface area contributed by atoms with E-state index in [0.29, 0.717) is 95.8 Å². The fourth-order valence-corrected chi connectivity index (χ4v) is 9.28. The highest BCUT2D eigenvalue weighted by molar-refractivity contribution is 6.33. The number of benzene rings is 2. The lowest BCUT2D eigenvalue weighted by atomic mass is 9.78. The maximum Gasteiger partial charge on any atom is 0.418 e. The quantitative estimate of drug-likeness (QED) is 0.184. The van der Waals surface area contributed by atoms with E-state index in [0.717, 1.165) is 24.5 Å². The van der Waals surface area contributed by atoms with Crippen molar-refractivity contribution >= 4 is 41.0 Å². The summed E-state index contributed by atoms with van der Waals surface area (Å²) in [4.78, 5) is 75.4. The van der Waals surface area contributed by atoms with Crippen LogP contribution in [0.1, 0.15) is 55.7 Å². The number of Topliss-reactive ketones (excluding diaryl/α,β-unsaturated/α-hetero) is 1. The third kappa shape index (κ3) is 12.0. The number of ether oxygens (including phenoxy) is 3. The van der Waals surface area contributed by atoms with E-state index in [4.69, 9.17) is 31.5 Å². The number of nitrogen functional groups attached to an aromatic ring is 1. The second-order valence-electron chi connectivity index (χ2n) is 16.8. The van der Waals surface area contributed by atoms with Gasteiger partial charge in [0.2, 0.25) is 0 Å². The normalized spacial score (nSPS) is 19.5. The molecule has 2 aromatic carbocycles. The number of rotatable bonds is 13. The van der Waals surface area contributed by atoms with Gasteiger partial charge in [-0.3, -0.25) is 29.2 Å². The van der Waals surface area contributed by atoms with E-state index >= 15 is 0 Å². The molecule has 4 aliphatic rings. The topological polar surface area (TPSA) is 186 Å². The average molecular weight is 903 g/mol. The molecule has 7 rings (SSSR count). The van der Waals surface area contributed by atoms with Gasteiger partial charge in [-0.1, -0.05) is 41.9 Å². The van der Waals surface area contributed by atoms with Gasteiger partial charge < -0.3 is 29.7 Å². The van der Waals surface area contributed by atoms with Crippen LogP contribution in [-0.4, -0.2) is 149 Å². The van der Waals surface area contributed by atoms with Crippen molar-refractivity contribution in [2.45, 2.75) is 63.3 Å². The maximum absolute atomic E-state index is 14.2. The number of nitrogens with two attached hydrogens (primary N) is 1. The lowest BCUT2D eigenvalue weighted by Gasteiger charge is -2.40. The summed E-state index contributed by atoms with van der Waals surface area (Å²) in [6.07, 6.45) is -3.61. The first-order chi connectivity index (χ1) is 30.2. The number of alkyl halides is 3. The van der Waals surface area contributed by atoms with Crippen LogP contribution in [0.15, 0.2) is 47.3 Å². The molecule has 4 saturated heterocycles. The summed E-state index contributed by atoms with van der Waals surface area (Å²) in [5.74, 6) is -0.0135.